The molecule has 0 bridgehead atoms. The molecule has 3 heterocycles. The highest BCUT2D eigenvalue weighted by Gasteiger charge is 2.32. The van der Waals surface area contributed by atoms with Crippen LogP contribution in [0.15, 0.2) is 18.3 Å². The molecule has 10 heteroatoms. The summed E-state index contributed by atoms with van der Waals surface area (Å²) < 4.78 is 41.3. The van der Waals surface area contributed by atoms with Crippen LogP contribution in [0.4, 0.5) is 13.2 Å². The number of carbonyl (C=O) groups excluding carboxylic acids is 1. The van der Waals surface area contributed by atoms with Crippen molar-refractivity contribution in [1.82, 2.24) is 20.1 Å². The van der Waals surface area contributed by atoms with E-state index in [2.05, 4.69) is 19.9 Å². The summed E-state index contributed by atoms with van der Waals surface area (Å²) in [6, 6.07) is 3.11. The van der Waals surface area contributed by atoms with Crippen LogP contribution in [0.5, 0.6) is 5.88 Å². The number of pyridine rings is 1. The molecule has 2 aliphatic heterocycles. The van der Waals surface area contributed by atoms with Gasteiger partial charge in [0.2, 0.25) is 5.88 Å². The molecule has 0 aromatic carbocycles. The number of likely N-dealkylation sites (tertiary alicyclic amines) is 1. The van der Waals surface area contributed by atoms with E-state index in [1.165, 1.54) is 18.3 Å². The summed E-state index contributed by atoms with van der Waals surface area (Å²) in [5, 5.41) is 3.30. The zero-order valence-electron chi connectivity index (χ0n) is 14.2. The van der Waals surface area contributed by atoms with Gasteiger partial charge in [-0.25, -0.2) is 4.98 Å². The molecule has 0 radical (unpaired) electrons. The quantitative estimate of drug-likeness (QED) is 0.840. The third kappa shape index (κ3) is 5.46. The van der Waals surface area contributed by atoms with Gasteiger partial charge in [-0.1, -0.05) is 0 Å². The van der Waals surface area contributed by atoms with Crippen molar-refractivity contribution >= 4 is 18.3 Å². The molecule has 2 aliphatic rings. The van der Waals surface area contributed by atoms with E-state index in [0.717, 1.165) is 32.6 Å². The highest BCUT2D eigenvalue weighted by molar-refractivity contribution is 5.94. The molecule has 0 saturated carbocycles. The van der Waals surface area contributed by atoms with Crippen molar-refractivity contribution in [2.75, 3.05) is 45.9 Å². The van der Waals surface area contributed by atoms with Crippen molar-refractivity contribution in [2.45, 2.75) is 18.6 Å². The lowest BCUT2D eigenvalue weighted by molar-refractivity contribution is -0.154. The van der Waals surface area contributed by atoms with Gasteiger partial charge in [0.05, 0.1) is 0 Å². The Hall–Kier alpha value is -1.58. The Morgan fingerprint density at radius 1 is 1.31 bits per heavy atom. The number of amides is 1. The summed E-state index contributed by atoms with van der Waals surface area (Å²) in [5.41, 5.74) is 0.299. The number of hydrogen-bond donors (Lipinski definition) is 1. The van der Waals surface area contributed by atoms with E-state index in [1.807, 2.05) is 0 Å². The minimum atomic E-state index is -4.44. The molecule has 0 spiro atoms. The molecule has 0 aliphatic carbocycles. The maximum absolute atomic E-state index is 12.6. The first-order chi connectivity index (χ1) is 11.9. The molecule has 1 aromatic heterocycles. The summed E-state index contributed by atoms with van der Waals surface area (Å²) in [6.07, 6.45) is -2.23. The summed E-state index contributed by atoms with van der Waals surface area (Å²) in [7, 11) is 0. The molecular weight excluding hydrogens is 373 g/mol. The number of aromatic nitrogens is 1. The van der Waals surface area contributed by atoms with E-state index in [0.29, 0.717) is 24.7 Å². The van der Waals surface area contributed by atoms with Gasteiger partial charge in [0, 0.05) is 63.1 Å². The van der Waals surface area contributed by atoms with Gasteiger partial charge in [0.25, 0.3) is 5.91 Å². The normalized spacial score (nSPS) is 21.3. The first-order valence-corrected chi connectivity index (χ1v) is 8.32. The van der Waals surface area contributed by atoms with Crippen LogP contribution in [0.1, 0.15) is 16.8 Å². The van der Waals surface area contributed by atoms with Crippen molar-refractivity contribution in [3.05, 3.63) is 23.9 Å². The van der Waals surface area contributed by atoms with E-state index >= 15 is 0 Å². The van der Waals surface area contributed by atoms with Crippen LogP contribution in [0.2, 0.25) is 0 Å². The van der Waals surface area contributed by atoms with Crippen molar-refractivity contribution in [2.24, 2.45) is 0 Å². The number of nitrogens with one attached hydrogen (secondary N) is 1. The van der Waals surface area contributed by atoms with Crippen molar-refractivity contribution < 1.29 is 22.7 Å². The van der Waals surface area contributed by atoms with E-state index in [9.17, 15) is 18.0 Å². The third-order valence-electron chi connectivity index (χ3n) is 4.48. The van der Waals surface area contributed by atoms with Crippen LogP contribution in [-0.4, -0.2) is 78.8 Å². The van der Waals surface area contributed by atoms with Gasteiger partial charge in [-0.05, 0) is 12.5 Å². The Morgan fingerprint density at radius 3 is 2.73 bits per heavy atom. The van der Waals surface area contributed by atoms with E-state index in [-0.39, 0.29) is 24.2 Å². The molecule has 1 unspecified atom stereocenters. The van der Waals surface area contributed by atoms with Crippen LogP contribution in [-0.2, 0) is 0 Å². The number of piperazine rings is 1. The molecule has 1 N–H and O–H groups in total. The second-order valence-electron chi connectivity index (χ2n) is 6.27. The number of alkyl halides is 3. The molecular formula is C16H22ClF3N4O2. The van der Waals surface area contributed by atoms with Gasteiger partial charge in [-0.15, -0.1) is 12.4 Å². The van der Waals surface area contributed by atoms with E-state index < -0.39 is 12.8 Å². The Kier molecular flexibility index (Phi) is 7.08. The standard InChI is InChI=1S/C16H21F3N4O2.ClH/c17-16(18,19)11-25-14-9-12(1-3-21-14)15(24)23-6-2-13(10-23)22-7-4-20-5-8-22;/h1,3,9,13,20H,2,4-8,10-11H2;1H. The highest BCUT2D eigenvalue weighted by Crippen LogP contribution is 2.21. The summed E-state index contributed by atoms with van der Waals surface area (Å²) in [6.45, 7) is 3.71. The van der Waals surface area contributed by atoms with Crippen LogP contribution in [0.3, 0.4) is 0 Å². The van der Waals surface area contributed by atoms with Gasteiger partial charge < -0.3 is 15.0 Å². The number of ether oxygens (including phenoxy) is 1. The highest BCUT2D eigenvalue weighted by atomic mass is 35.5. The van der Waals surface area contributed by atoms with Gasteiger partial charge >= 0.3 is 6.18 Å². The van der Waals surface area contributed by atoms with Crippen LogP contribution in [0, 0.1) is 0 Å². The van der Waals surface area contributed by atoms with Gasteiger partial charge in [-0.3, -0.25) is 9.69 Å². The molecule has 2 fully saturated rings. The minimum absolute atomic E-state index is 0. The second kappa shape index (κ2) is 8.88. The number of halogens is 4. The zero-order chi connectivity index (χ0) is 17.9. The smallest absolute Gasteiger partial charge is 0.422 e. The predicted octanol–water partition coefficient (Wildman–Crippen LogP) is 1.56. The fraction of sp³-hybridized carbons (Fsp3) is 0.625. The zero-order valence-corrected chi connectivity index (χ0v) is 15.0. The first-order valence-electron chi connectivity index (χ1n) is 8.32. The average molecular weight is 395 g/mol. The summed E-state index contributed by atoms with van der Waals surface area (Å²) >= 11 is 0. The average Bonchev–Trinajstić information content (AvgIpc) is 3.10. The van der Waals surface area contributed by atoms with Crippen molar-refractivity contribution in [3.8, 4) is 5.88 Å². The van der Waals surface area contributed by atoms with E-state index in [4.69, 9.17) is 0 Å². The lowest BCUT2D eigenvalue weighted by atomic mass is 10.2. The Morgan fingerprint density at radius 2 is 2.04 bits per heavy atom. The largest absolute Gasteiger partial charge is 0.468 e. The van der Waals surface area contributed by atoms with Gasteiger partial charge in [0.15, 0.2) is 6.61 Å². The third-order valence-corrected chi connectivity index (χ3v) is 4.48. The summed E-state index contributed by atoms with van der Waals surface area (Å²) in [5.74, 6) is -0.391. The Balaban J connectivity index is 0.00000243. The van der Waals surface area contributed by atoms with E-state index in [1.54, 1.807) is 4.90 Å². The minimum Gasteiger partial charge on any atom is -0.468 e. The second-order valence-corrected chi connectivity index (χ2v) is 6.27. The molecule has 146 valence electrons. The van der Waals surface area contributed by atoms with Crippen LogP contribution >= 0.6 is 12.4 Å². The predicted molar refractivity (Wildman–Crippen MR) is 91.8 cm³/mol. The lowest BCUT2D eigenvalue weighted by Crippen LogP contribution is -2.49. The fourth-order valence-electron chi connectivity index (χ4n) is 3.23. The number of rotatable bonds is 4. The molecule has 26 heavy (non-hydrogen) atoms. The maximum atomic E-state index is 12.6. The molecule has 6 nitrogen and oxygen atoms in total. The SMILES string of the molecule is Cl.O=C(c1ccnc(OCC(F)(F)F)c1)N1CCC(N2CCNCC2)C1. The molecule has 3 rings (SSSR count). The van der Waals surface area contributed by atoms with Gasteiger partial charge in [-0.2, -0.15) is 13.2 Å². The maximum Gasteiger partial charge on any atom is 0.422 e. The van der Waals surface area contributed by atoms with Crippen LogP contribution in [0.25, 0.3) is 0 Å². The van der Waals surface area contributed by atoms with Crippen molar-refractivity contribution in [1.29, 1.82) is 0 Å². The topological polar surface area (TPSA) is 57.7 Å². The summed E-state index contributed by atoms with van der Waals surface area (Å²) in [4.78, 5) is 20.5. The number of hydrogen-bond acceptors (Lipinski definition) is 5. The Labute approximate surface area is 156 Å². The molecule has 1 amide bonds. The van der Waals surface area contributed by atoms with Crippen LogP contribution < -0.4 is 10.1 Å². The lowest BCUT2D eigenvalue weighted by Gasteiger charge is -2.32. The molecule has 2 saturated heterocycles. The van der Waals surface area contributed by atoms with Gasteiger partial charge in [0.1, 0.15) is 0 Å². The molecule has 1 atom stereocenters. The number of carbonyl (C=O) groups is 1. The first kappa shape index (κ1) is 20.7. The van der Waals surface area contributed by atoms with Crippen molar-refractivity contribution in [3.63, 3.8) is 0 Å². The Bertz CT molecular complexity index is 611. The fourth-order valence-corrected chi connectivity index (χ4v) is 3.23. The number of nitrogens with zero attached hydrogens (tertiary/aromatic N) is 3. The monoisotopic (exact) mass is 394 g/mol. The molecule has 1 aromatic rings.